The molecule has 0 heterocycles. The van der Waals surface area contributed by atoms with Gasteiger partial charge in [-0.3, -0.25) is 9.59 Å². The SMILES string of the molecule is COc1ccc(OC)c(C(=O)CC(N)C(=O)O)c1. The first-order valence-corrected chi connectivity index (χ1v) is 5.23. The summed E-state index contributed by atoms with van der Waals surface area (Å²) in [5.74, 6) is -0.771. The van der Waals surface area contributed by atoms with Crippen LogP contribution in [0.15, 0.2) is 18.2 Å². The van der Waals surface area contributed by atoms with E-state index in [1.54, 1.807) is 12.1 Å². The molecule has 0 radical (unpaired) electrons. The molecule has 98 valence electrons. The van der Waals surface area contributed by atoms with E-state index >= 15 is 0 Å². The minimum absolute atomic E-state index is 0.258. The van der Waals surface area contributed by atoms with E-state index in [-0.39, 0.29) is 12.0 Å². The average molecular weight is 253 g/mol. The molecule has 0 bridgehead atoms. The Morgan fingerprint density at radius 1 is 1.33 bits per heavy atom. The van der Waals surface area contributed by atoms with E-state index in [1.807, 2.05) is 0 Å². The number of ether oxygens (including phenoxy) is 2. The Balaban J connectivity index is 2.99. The van der Waals surface area contributed by atoms with Gasteiger partial charge in [-0.25, -0.2) is 0 Å². The molecule has 0 fully saturated rings. The summed E-state index contributed by atoms with van der Waals surface area (Å²) in [7, 11) is 2.90. The number of rotatable bonds is 6. The molecular formula is C12H15NO5. The summed E-state index contributed by atoms with van der Waals surface area (Å²) in [6, 6.07) is 3.49. The minimum atomic E-state index is -1.23. The summed E-state index contributed by atoms with van der Waals surface area (Å²) in [6.07, 6.45) is -0.293. The molecule has 0 aliphatic carbocycles. The van der Waals surface area contributed by atoms with E-state index in [0.29, 0.717) is 11.5 Å². The maximum absolute atomic E-state index is 11.9. The van der Waals surface area contributed by atoms with Crippen molar-refractivity contribution in [2.75, 3.05) is 14.2 Å². The molecule has 0 saturated heterocycles. The number of carboxylic acids is 1. The molecule has 6 heteroatoms. The highest BCUT2D eigenvalue weighted by molar-refractivity contribution is 6.01. The molecule has 0 aliphatic rings. The van der Waals surface area contributed by atoms with E-state index < -0.39 is 17.8 Å². The summed E-state index contributed by atoms with van der Waals surface area (Å²) in [5.41, 5.74) is 5.58. The Hall–Kier alpha value is -2.08. The van der Waals surface area contributed by atoms with Crippen LogP contribution in [0.1, 0.15) is 16.8 Å². The van der Waals surface area contributed by atoms with Crippen LogP contribution in [-0.2, 0) is 4.79 Å². The summed E-state index contributed by atoms with van der Waals surface area (Å²) < 4.78 is 10.0. The number of hydrogen-bond donors (Lipinski definition) is 2. The number of Topliss-reactive ketones (excluding diaryl/α,β-unsaturated/α-hetero) is 1. The number of benzene rings is 1. The number of methoxy groups -OCH3 is 2. The highest BCUT2D eigenvalue weighted by Crippen LogP contribution is 2.25. The number of aliphatic carboxylic acids is 1. The van der Waals surface area contributed by atoms with E-state index in [0.717, 1.165) is 0 Å². The average Bonchev–Trinajstić information content (AvgIpc) is 2.37. The molecule has 0 spiro atoms. The number of carbonyl (C=O) groups is 2. The van der Waals surface area contributed by atoms with E-state index in [9.17, 15) is 9.59 Å². The molecule has 0 amide bonds. The Morgan fingerprint density at radius 2 is 2.00 bits per heavy atom. The van der Waals surface area contributed by atoms with E-state index in [1.165, 1.54) is 20.3 Å². The van der Waals surface area contributed by atoms with Crippen molar-refractivity contribution < 1.29 is 24.2 Å². The largest absolute Gasteiger partial charge is 0.497 e. The molecule has 1 aromatic rings. The van der Waals surface area contributed by atoms with Gasteiger partial charge < -0.3 is 20.3 Å². The first kappa shape index (κ1) is 14.0. The summed E-state index contributed by atoms with van der Waals surface area (Å²) in [6.45, 7) is 0. The van der Waals surface area contributed by atoms with Crippen molar-refractivity contribution in [1.29, 1.82) is 0 Å². The molecule has 0 aromatic heterocycles. The van der Waals surface area contributed by atoms with Crippen molar-refractivity contribution in [3.8, 4) is 11.5 Å². The number of carbonyl (C=O) groups excluding carboxylic acids is 1. The lowest BCUT2D eigenvalue weighted by Crippen LogP contribution is -2.32. The highest BCUT2D eigenvalue weighted by Gasteiger charge is 2.20. The van der Waals surface area contributed by atoms with Crippen molar-refractivity contribution >= 4 is 11.8 Å². The molecule has 6 nitrogen and oxygen atoms in total. The maximum Gasteiger partial charge on any atom is 0.320 e. The lowest BCUT2D eigenvalue weighted by Gasteiger charge is -2.11. The number of hydrogen-bond acceptors (Lipinski definition) is 5. The van der Waals surface area contributed by atoms with Crippen molar-refractivity contribution in [3.05, 3.63) is 23.8 Å². The zero-order valence-electron chi connectivity index (χ0n) is 10.2. The molecule has 3 N–H and O–H groups in total. The van der Waals surface area contributed by atoms with E-state index in [4.69, 9.17) is 20.3 Å². The van der Waals surface area contributed by atoms with Crippen LogP contribution in [0.4, 0.5) is 0 Å². The fourth-order valence-corrected chi connectivity index (χ4v) is 1.43. The van der Waals surface area contributed by atoms with Crippen LogP contribution in [-0.4, -0.2) is 37.1 Å². The first-order valence-electron chi connectivity index (χ1n) is 5.23. The second-order valence-electron chi connectivity index (χ2n) is 3.64. The molecule has 18 heavy (non-hydrogen) atoms. The van der Waals surface area contributed by atoms with Gasteiger partial charge >= 0.3 is 5.97 Å². The van der Waals surface area contributed by atoms with Crippen molar-refractivity contribution in [1.82, 2.24) is 0 Å². The monoisotopic (exact) mass is 253 g/mol. The van der Waals surface area contributed by atoms with Gasteiger partial charge in [-0.15, -0.1) is 0 Å². The van der Waals surface area contributed by atoms with Gasteiger partial charge in [0.1, 0.15) is 17.5 Å². The zero-order chi connectivity index (χ0) is 13.7. The van der Waals surface area contributed by atoms with Gasteiger partial charge in [-0.1, -0.05) is 0 Å². The lowest BCUT2D eigenvalue weighted by atomic mass is 10.0. The van der Waals surface area contributed by atoms with Crippen LogP contribution >= 0.6 is 0 Å². The smallest absolute Gasteiger partial charge is 0.320 e. The Bertz CT molecular complexity index is 458. The normalized spacial score (nSPS) is 11.7. The van der Waals surface area contributed by atoms with Crippen LogP contribution in [0.5, 0.6) is 11.5 Å². The van der Waals surface area contributed by atoms with Crippen molar-refractivity contribution in [2.24, 2.45) is 5.73 Å². The minimum Gasteiger partial charge on any atom is -0.497 e. The Morgan fingerprint density at radius 3 is 2.50 bits per heavy atom. The third kappa shape index (κ3) is 3.21. The van der Waals surface area contributed by atoms with Crippen LogP contribution in [0, 0.1) is 0 Å². The highest BCUT2D eigenvalue weighted by atomic mass is 16.5. The lowest BCUT2D eigenvalue weighted by molar-refractivity contribution is -0.138. The van der Waals surface area contributed by atoms with Crippen molar-refractivity contribution in [2.45, 2.75) is 12.5 Å². The van der Waals surface area contributed by atoms with Gasteiger partial charge in [0.15, 0.2) is 5.78 Å². The van der Waals surface area contributed by atoms with Crippen LogP contribution in [0.2, 0.25) is 0 Å². The molecule has 0 aliphatic heterocycles. The van der Waals surface area contributed by atoms with Gasteiger partial charge in [0.05, 0.1) is 19.8 Å². The second-order valence-corrected chi connectivity index (χ2v) is 3.64. The summed E-state index contributed by atoms with van der Waals surface area (Å²) in [5, 5.41) is 8.67. The number of nitrogens with two attached hydrogens (primary N) is 1. The summed E-state index contributed by atoms with van der Waals surface area (Å²) in [4.78, 5) is 22.5. The zero-order valence-corrected chi connectivity index (χ0v) is 10.2. The summed E-state index contributed by atoms with van der Waals surface area (Å²) >= 11 is 0. The third-order valence-corrected chi connectivity index (χ3v) is 2.43. The molecule has 1 unspecified atom stereocenters. The van der Waals surface area contributed by atoms with Crippen molar-refractivity contribution in [3.63, 3.8) is 0 Å². The molecule has 1 aromatic carbocycles. The molecular weight excluding hydrogens is 238 g/mol. The van der Waals surface area contributed by atoms with E-state index in [2.05, 4.69) is 0 Å². The molecule has 1 rings (SSSR count). The van der Waals surface area contributed by atoms with Gasteiger partial charge in [0, 0.05) is 6.42 Å². The fraction of sp³-hybridized carbons (Fsp3) is 0.333. The Kier molecular flexibility index (Phi) is 4.67. The standard InChI is InChI=1S/C12H15NO5/c1-17-7-3-4-11(18-2)8(5-7)10(14)6-9(13)12(15)16/h3-5,9H,6,13H2,1-2H3,(H,15,16). The third-order valence-electron chi connectivity index (χ3n) is 2.43. The molecule has 1 atom stereocenters. The predicted molar refractivity (Wildman–Crippen MR) is 64.1 cm³/mol. The quantitative estimate of drug-likeness (QED) is 0.723. The van der Waals surface area contributed by atoms with Crippen LogP contribution in [0.3, 0.4) is 0 Å². The first-order chi connectivity index (χ1) is 8.49. The maximum atomic E-state index is 11.9. The van der Waals surface area contributed by atoms with Gasteiger partial charge in [0.2, 0.25) is 0 Å². The molecule has 0 saturated carbocycles. The van der Waals surface area contributed by atoms with Gasteiger partial charge in [-0.2, -0.15) is 0 Å². The van der Waals surface area contributed by atoms with Crippen LogP contribution in [0.25, 0.3) is 0 Å². The topological polar surface area (TPSA) is 98.9 Å². The number of ketones is 1. The fourth-order valence-electron chi connectivity index (χ4n) is 1.43. The Labute approximate surface area is 104 Å². The number of carboxylic acid groups (broad SMARTS) is 1. The van der Waals surface area contributed by atoms with Gasteiger partial charge in [-0.05, 0) is 18.2 Å². The predicted octanol–water partition coefficient (Wildman–Crippen LogP) is 0.688. The second kappa shape index (κ2) is 6.02. The van der Waals surface area contributed by atoms with Crippen LogP contribution < -0.4 is 15.2 Å². The van der Waals surface area contributed by atoms with Gasteiger partial charge in [0.25, 0.3) is 0 Å².